The van der Waals surface area contributed by atoms with Gasteiger partial charge in [0.05, 0.1) is 5.56 Å². The Morgan fingerprint density at radius 3 is 2.32 bits per heavy atom. The van der Waals surface area contributed by atoms with E-state index in [2.05, 4.69) is 27.0 Å². The fourth-order valence-electron chi connectivity index (χ4n) is 3.43. The topological polar surface area (TPSA) is 69.6 Å². The Bertz CT molecular complexity index is 939. The molecule has 6 nitrogen and oxygen atoms in total. The van der Waals surface area contributed by atoms with Crippen molar-refractivity contribution in [2.45, 2.75) is 6.42 Å². The lowest BCUT2D eigenvalue weighted by molar-refractivity contribution is 0.0743. The maximum atomic E-state index is 13.0. The molecule has 142 valence electrons. The van der Waals surface area contributed by atoms with Gasteiger partial charge in [-0.1, -0.05) is 36.4 Å². The van der Waals surface area contributed by atoms with E-state index in [4.69, 9.17) is 0 Å². The molecule has 0 saturated carbocycles. The van der Waals surface area contributed by atoms with Crippen LogP contribution in [0.3, 0.4) is 0 Å². The highest BCUT2D eigenvalue weighted by Crippen LogP contribution is 2.23. The van der Waals surface area contributed by atoms with E-state index in [1.807, 2.05) is 24.3 Å². The van der Waals surface area contributed by atoms with Gasteiger partial charge in [0, 0.05) is 38.6 Å². The van der Waals surface area contributed by atoms with Gasteiger partial charge in [-0.05, 0) is 35.7 Å². The highest BCUT2D eigenvalue weighted by molar-refractivity contribution is 5.97. The van der Waals surface area contributed by atoms with Crippen molar-refractivity contribution < 1.29 is 9.90 Å². The summed E-state index contributed by atoms with van der Waals surface area (Å²) in [5.41, 5.74) is 2.53. The minimum Gasteiger partial charge on any atom is -0.507 e. The molecule has 6 heteroatoms. The molecule has 0 aliphatic carbocycles. The number of amides is 1. The summed E-state index contributed by atoms with van der Waals surface area (Å²) in [6, 6.07) is 17.2. The second-order valence-electron chi connectivity index (χ2n) is 6.84. The zero-order chi connectivity index (χ0) is 19.3. The fourth-order valence-corrected chi connectivity index (χ4v) is 3.43. The third-order valence-electron chi connectivity index (χ3n) is 4.94. The molecule has 28 heavy (non-hydrogen) atoms. The fraction of sp³-hybridized carbons (Fsp3) is 0.227. The van der Waals surface area contributed by atoms with Gasteiger partial charge in [0.2, 0.25) is 5.95 Å². The molecule has 0 atom stereocenters. The van der Waals surface area contributed by atoms with Gasteiger partial charge in [0.25, 0.3) is 5.91 Å². The molecule has 1 N–H and O–H groups in total. The van der Waals surface area contributed by atoms with Crippen molar-refractivity contribution in [1.29, 1.82) is 0 Å². The lowest BCUT2D eigenvalue weighted by Crippen LogP contribution is -2.49. The predicted molar refractivity (Wildman–Crippen MR) is 108 cm³/mol. The van der Waals surface area contributed by atoms with Gasteiger partial charge < -0.3 is 14.9 Å². The third kappa shape index (κ3) is 3.96. The second kappa shape index (κ2) is 8.08. The van der Waals surface area contributed by atoms with Crippen LogP contribution in [-0.4, -0.2) is 52.1 Å². The van der Waals surface area contributed by atoms with Crippen LogP contribution in [0, 0.1) is 0 Å². The summed E-state index contributed by atoms with van der Waals surface area (Å²) in [5.74, 6) is 0.569. The second-order valence-corrected chi connectivity index (χ2v) is 6.84. The first-order valence-electron chi connectivity index (χ1n) is 9.38. The maximum Gasteiger partial charge on any atom is 0.257 e. The van der Waals surface area contributed by atoms with E-state index in [0.29, 0.717) is 37.7 Å². The maximum absolute atomic E-state index is 13.0. The minimum absolute atomic E-state index is 0.0237. The van der Waals surface area contributed by atoms with E-state index >= 15 is 0 Å². The van der Waals surface area contributed by atoms with Crippen LogP contribution in [0.15, 0.2) is 67.0 Å². The van der Waals surface area contributed by atoms with Crippen molar-refractivity contribution in [1.82, 2.24) is 14.9 Å². The molecule has 0 bridgehead atoms. The molecule has 3 aromatic rings. The Morgan fingerprint density at radius 1 is 0.893 bits per heavy atom. The number of carbonyl (C=O) groups is 1. The number of benzene rings is 2. The first-order chi connectivity index (χ1) is 13.7. The Hall–Kier alpha value is -3.41. The molecule has 0 spiro atoms. The number of rotatable bonds is 4. The summed E-state index contributed by atoms with van der Waals surface area (Å²) in [6.07, 6.45) is 4.16. The summed E-state index contributed by atoms with van der Waals surface area (Å²) in [7, 11) is 0. The molecule has 2 heterocycles. The first-order valence-corrected chi connectivity index (χ1v) is 9.38. The van der Waals surface area contributed by atoms with Crippen LogP contribution in [0.4, 0.5) is 5.95 Å². The number of phenolic OH excluding ortho intramolecular Hbond substituents is 1. The van der Waals surface area contributed by atoms with E-state index in [9.17, 15) is 9.90 Å². The number of piperazine rings is 1. The van der Waals surface area contributed by atoms with Gasteiger partial charge in [-0.15, -0.1) is 0 Å². The van der Waals surface area contributed by atoms with Crippen molar-refractivity contribution in [3.05, 3.63) is 83.7 Å². The number of hydrogen-bond acceptors (Lipinski definition) is 5. The number of anilines is 1. The van der Waals surface area contributed by atoms with Crippen LogP contribution < -0.4 is 4.90 Å². The minimum atomic E-state index is -0.138. The van der Waals surface area contributed by atoms with Crippen molar-refractivity contribution in [3.63, 3.8) is 0 Å². The van der Waals surface area contributed by atoms with Gasteiger partial charge in [0.1, 0.15) is 5.75 Å². The summed E-state index contributed by atoms with van der Waals surface area (Å²) < 4.78 is 0. The summed E-state index contributed by atoms with van der Waals surface area (Å²) >= 11 is 0. The number of phenols is 1. The molecule has 2 aromatic carbocycles. The first kappa shape index (κ1) is 18.0. The van der Waals surface area contributed by atoms with Crippen molar-refractivity contribution in [2.24, 2.45) is 0 Å². The zero-order valence-electron chi connectivity index (χ0n) is 15.5. The van der Waals surface area contributed by atoms with Crippen molar-refractivity contribution >= 4 is 11.9 Å². The lowest BCUT2D eigenvalue weighted by Gasteiger charge is -2.34. The number of aromatic nitrogens is 2. The predicted octanol–water partition coefficient (Wildman–Crippen LogP) is 2.74. The SMILES string of the molecule is O=C(c1cc(Cc2ccccc2)ccc1O)N1CCN(c2ncccn2)CC1. The van der Waals surface area contributed by atoms with E-state index in [1.54, 1.807) is 35.5 Å². The van der Waals surface area contributed by atoms with Crippen LogP contribution in [0.2, 0.25) is 0 Å². The van der Waals surface area contributed by atoms with Gasteiger partial charge >= 0.3 is 0 Å². The lowest BCUT2D eigenvalue weighted by atomic mass is 10.0. The molecular formula is C22H22N4O2. The molecule has 1 aliphatic rings. The largest absolute Gasteiger partial charge is 0.507 e. The van der Waals surface area contributed by atoms with Crippen molar-refractivity contribution in [3.8, 4) is 5.75 Å². The number of hydrogen-bond donors (Lipinski definition) is 1. The molecule has 0 unspecified atom stereocenters. The quantitative estimate of drug-likeness (QED) is 0.760. The molecule has 4 rings (SSSR count). The number of aromatic hydroxyl groups is 1. The van der Waals surface area contributed by atoms with Crippen LogP contribution in [-0.2, 0) is 6.42 Å². The molecule has 1 aromatic heterocycles. The Balaban J connectivity index is 1.45. The van der Waals surface area contributed by atoms with Crippen LogP contribution >= 0.6 is 0 Å². The molecule has 1 fully saturated rings. The van der Waals surface area contributed by atoms with E-state index < -0.39 is 0 Å². The Morgan fingerprint density at radius 2 is 1.61 bits per heavy atom. The number of carbonyl (C=O) groups excluding carboxylic acids is 1. The smallest absolute Gasteiger partial charge is 0.257 e. The van der Waals surface area contributed by atoms with Crippen LogP contribution in [0.25, 0.3) is 0 Å². The molecular weight excluding hydrogens is 352 g/mol. The van der Waals surface area contributed by atoms with Gasteiger partial charge in [-0.3, -0.25) is 4.79 Å². The normalized spacial score (nSPS) is 14.1. The van der Waals surface area contributed by atoms with Crippen LogP contribution in [0.1, 0.15) is 21.5 Å². The third-order valence-corrected chi connectivity index (χ3v) is 4.94. The highest BCUT2D eigenvalue weighted by Gasteiger charge is 2.25. The Kier molecular flexibility index (Phi) is 5.19. The Labute approximate surface area is 164 Å². The monoisotopic (exact) mass is 374 g/mol. The summed E-state index contributed by atoms with van der Waals surface area (Å²) in [4.78, 5) is 25.4. The highest BCUT2D eigenvalue weighted by atomic mass is 16.3. The zero-order valence-corrected chi connectivity index (χ0v) is 15.5. The van der Waals surface area contributed by atoms with E-state index in [1.165, 1.54) is 5.56 Å². The standard InChI is InChI=1S/C22H22N4O2/c27-20-8-7-18(15-17-5-2-1-3-6-17)16-19(20)21(28)25-11-13-26(14-12-25)22-23-9-4-10-24-22/h1-10,16,27H,11-15H2. The summed E-state index contributed by atoms with van der Waals surface area (Å²) in [5, 5.41) is 10.3. The van der Waals surface area contributed by atoms with Crippen molar-refractivity contribution in [2.75, 3.05) is 31.1 Å². The molecule has 1 saturated heterocycles. The van der Waals surface area contributed by atoms with Crippen LogP contribution in [0.5, 0.6) is 5.75 Å². The van der Waals surface area contributed by atoms with E-state index in [-0.39, 0.29) is 11.7 Å². The average molecular weight is 374 g/mol. The average Bonchev–Trinajstić information content (AvgIpc) is 2.76. The molecule has 1 aliphatic heterocycles. The number of nitrogens with zero attached hydrogens (tertiary/aromatic N) is 4. The van der Waals surface area contributed by atoms with E-state index in [0.717, 1.165) is 12.0 Å². The van der Waals surface area contributed by atoms with Gasteiger partial charge in [-0.2, -0.15) is 0 Å². The van der Waals surface area contributed by atoms with Gasteiger partial charge in [0.15, 0.2) is 0 Å². The van der Waals surface area contributed by atoms with Gasteiger partial charge in [-0.25, -0.2) is 9.97 Å². The summed E-state index contributed by atoms with van der Waals surface area (Å²) in [6.45, 7) is 2.47. The molecule has 0 radical (unpaired) electrons. The molecule has 1 amide bonds.